The summed E-state index contributed by atoms with van der Waals surface area (Å²) >= 11 is 1.59. The number of aromatic nitrogens is 1. The highest BCUT2D eigenvalue weighted by Crippen LogP contribution is 2.28. The van der Waals surface area contributed by atoms with Crippen LogP contribution in [-0.4, -0.2) is 90.4 Å². The van der Waals surface area contributed by atoms with Crippen LogP contribution in [0.2, 0.25) is 0 Å². The molecule has 13 nitrogen and oxygen atoms in total. The summed E-state index contributed by atoms with van der Waals surface area (Å²) in [4.78, 5) is 49.8. The summed E-state index contributed by atoms with van der Waals surface area (Å²) in [5.74, 6) is -0.891. The van der Waals surface area contributed by atoms with Gasteiger partial charge in [-0.3, -0.25) is 14.4 Å². The summed E-state index contributed by atoms with van der Waals surface area (Å²) in [5.41, 5.74) is 12.5. The highest BCUT2D eigenvalue weighted by atomic mass is 32.1. The van der Waals surface area contributed by atoms with Gasteiger partial charge in [-0.25, -0.2) is 4.98 Å². The van der Waals surface area contributed by atoms with Crippen LogP contribution in [0.3, 0.4) is 0 Å². The Hall–Kier alpha value is -3.55. The number of amides is 3. The molecule has 1 aliphatic heterocycles. The van der Waals surface area contributed by atoms with E-state index >= 15 is 0 Å². The van der Waals surface area contributed by atoms with Gasteiger partial charge in [0.15, 0.2) is 0 Å². The molecule has 3 unspecified atom stereocenters. The fourth-order valence-electron chi connectivity index (χ4n) is 6.25. The lowest BCUT2D eigenvalue weighted by Crippen LogP contribution is -2.57. The molecule has 1 aliphatic rings. The number of carbonyl (C=O) groups excluding carboxylic acids is 3. The Bertz CT molecular complexity index is 1440. The number of aliphatic hydroxyl groups is 1. The molecule has 3 rings (SSSR count). The number of carbonyl (C=O) groups is 3. The van der Waals surface area contributed by atoms with Crippen molar-refractivity contribution in [2.24, 2.45) is 10.5 Å². The molecule has 3 amide bonds. The third-order valence-electron chi connectivity index (χ3n) is 9.34. The number of rotatable bonds is 25. The Balaban J connectivity index is 1.30. The lowest BCUT2D eigenvalue weighted by atomic mass is 9.85. The number of nitrogens with one attached hydrogen (secondary N) is 2. The van der Waals surface area contributed by atoms with E-state index < -0.39 is 23.6 Å². The minimum Gasteiger partial charge on any atom is -0.391 e. The fourth-order valence-corrected chi connectivity index (χ4v) is 7.07. The third kappa shape index (κ3) is 16.2. The van der Waals surface area contributed by atoms with Crippen molar-refractivity contribution in [3.05, 3.63) is 51.5 Å². The van der Waals surface area contributed by atoms with Crippen LogP contribution in [0.4, 0.5) is 0 Å². The third-order valence-corrected chi connectivity index (χ3v) is 10.3. The first kappa shape index (κ1) is 43.9. The van der Waals surface area contributed by atoms with E-state index in [1.165, 1.54) is 4.90 Å². The number of thiazole rings is 1. The molecule has 53 heavy (non-hydrogen) atoms. The summed E-state index contributed by atoms with van der Waals surface area (Å²) in [6, 6.07) is 6.27. The zero-order chi connectivity index (χ0) is 38.5. The molecular weight excluding hydrogens is 695 g/mol. The number of hydrogen-bond donors (Lipinski definition) is 3. The van der Waals surface area contributed by atoms with E-state index in [-0.39, 0.29) is 30.7 Å². The quantitative estimate of drug-likeness (QED) is 0.0429. The molecule has 1 aromatic carbocycles. The van der Waals surface area contributed by atoms with Crippen LogP contribution in [0.15, 0.2) is 34.9 Å². The SMILES string of the molecule is Cc1ncsc1-c1ccc(CNC(=O)C2CC(O)CN2C(=O)C(NC(=O)CCCCCOCCCCCOCCCCCCN=[N+]=[N-])C(C)(C)C)cc1. The molecule has 2 heterocycles. The number of azide groups is 1. The van der Waals surface area contributed by atoms with Crippen LogP contribution >= 0.6 is 11.3 Å². The Morgan fingerprint density at radius 2 is 1.58 bits per heavy atom. The largest absolute Gasteiger partial charge is 0.391 e. The number of unbranched alkanes of at least 4 members (excludes halogenated alkanes) is 7. The Labute approximate surface area is 319 Å². The van der Waals surface area contributed by atoms with Gasteiger partial charge >= 0.3 is 0 Å². The summed E-state index contributed by atoms with van der Waals surface area (Å²) < 4.78 is 11.4. The van der Waals surface area contributed by atoms with E-state index in [0.717, 1.165) is 92.7 Å². The molecule has 294 valence electrons. The Kier molecular flexibility index (Phi) is 19.8. The van der Waals surface area contributed by atoms with E-state index in [1.807, 2.05) is 57.5 Å². The second-order valence-electron chi connectivity index (χ2n) is 14.9. The molecule has 3 N–H and O–H groups in total. The topological polar surface area (TPSA) is 179 Å². The molecule has 1 aromatic heterocycles. The minimum absolute atomic E-state index is 0.0408. The van der Waals surface area contributed by atoms with Gasteiger partial charge in [0, 0.05) is 63.8 Å². The van der Waals surface area contributed by atoms with Crippen LogP contribution < -0.4 is 10.6 Å². The molecule has 14 heteroatoms. The number of ether oxygens (including phenoxy) is 2. The first-order chi connectivity index (χ1) is 25.5. The second kappa shape index (κ2) is 24.0. The number of benzene rings is 1. The predicted octanol–water partition coefficient (Wildman–Crippen LogP) is 6.86. The van der Waals surface area contributed by atoms with E-state index in [2.05, 4.69) is 25.6 Å². The van der Waals surface area contributed by atoms with Gasteiger partial charge in [0.1, 0.15) is 12.1 Å². The van der Waals surface area contributed by atoms with Crippen molar-refractivity contribution in [2.45, 2.75) is 129 Å². The lowest BCUT2D eigenvalue weighted by molar-refractivity contribution is -0.144. The van der Waals surface area contributed by atoms with Crippen molar-refractivity contribution in [3.8, 4) is 10.4 Å². The number of β-amino-alcohol motifs (C(OH)–C–C–N with tert-alkyl or cyclic N) is 1. The number of aryl methyl sites for hydroxylation is 1. The Morgan fingerprint density at radius 1 is 0.981 bits per heavy atom. The van der Waals surface area contributed by atoms with E-state index in [0.29, 0.717) is 39.1 Å². The lowest BCUT2D eigenvalue weighted by Gasteiger charge is -2.35. The van der Waals surface area contributed by atoms with Crippen LogP contribution in [0.25, 0.3) is 20.9 Å². The molecule has 0 spiro atoms. The van der Waals surface area contributed by atoms with Crippen LogP contribution in [0.1, 0.15) is 109 Å². The van der Waals surface area contributed by atoms with Crippen molar-refractivity contribution in [3.63, 3.8) is 0 Å². The monoisotopic (exact) mass is 755 g/mol. The fraction of sp³-hybridized carbons (Fsp3) is 0.692. The average Bonchev–Trinajstić information content (AvgIpc) is 3.75. The predicted molar refractivity (Wildman–Crippen MR) is 208 cm³/mol. The van der Waals surface area contributed by atoms with Gasteiger partial charge in [-0.15, -0.1) is 11.3 Å². The van der Waals surface area contributed by atoms with Gasteiger partial charge in [-0.05, 0) is 73.9 Å². The van der Waals surface area contributed by atoms with Crippen LogP contribution in [0.5, 0.6) is 0 Å². The highest BCUT2D eigenvalue weighted by Gasteiger charge is 2.44. The molecule has 0 bridgehead atoms. The molecule has 1 fully saturated rings. The maximum atomic E-state index is 13.9. The van der Waals surface area contributed by atoms with Gasteiger partial charge < -0.3 is 30.1 Å². The molecule has 0 radical (unpaired) electrons. The van der Waals surface area contributed by atoms with Crippen molar-refractivity contribution < 1.29 is 29.0 Å². The van der Waals surface area contributed by atoms with Crippen molar-refractivity contribution >= 4 is 29.1 Å². The zero-order valence-corrected chi connectivity index (χ0v) is 33.0. The number of likely N-dealkylation sites (tertiary alicyclic amines) is 1. The number of nitrogens with zero attached hydrogens (tertiary/aromatic N) is 5. The summed E-state index contributed by atoms with van der Waals surface area (Å²) in [5, 5.41) is 19.9. The second-order valence-corrected chi connectivity index (χ2v) is 15.8. The minimum atomic E-state index is -0.839. The van der Waals surface area contributed by atoms with E-state index in [4.69, 9.17) is 15.0 Å². The molecule has 2 aromatic rings. The maximum absolute atomic E-state index is 13.9. The molecule has 0 aliphatic carbocycles. The van der Waals surface area contributed by atoms with Gasteiger partial charge in [0.2, 0.25) is 17.7 Å². The van der Waals surface area contributed by atoms with Crippen molar-refractivity contribution in [2.75, 3.05) is 39.5 Å². The van der Waals surface area contributed by atoms with Crippen LogP contribution in [0, 0.1) is 12.3 Å². The molecule has 3 atom stereocenters. The molecular formula is C39H61N7O6S. The van der Waals surface area contributed by atoms with E-state index in [1.54, 1.807) is 11.3 Å². The van der Waals surface area contributed by atoms with Gasteiger partial charge in [0.05, 0.1) is 22.2 Å². The first-order valence-electron chi connectivity index (χ1n) is 19.2. The van der Waals surface area contributed by atoms with Gasteiger partial charge in [0.25, 0.3) is 0 Å². The van der Waals surface area contributed by atoms with Gasteiger partial charge in [-0.2, -0.15) is 0 Å². The number of hydrogen-bond acceptors (Lipinski definition) is 9. The van der Waals surface area contributed by atoms with Gasteiger partial charge in [-0.1, -0.05) is 69.4 Å². The first-order valence-corrected chi connectivity index (χ1v) is 20.1. The summed E-state index contributed by atoms with van der Waals surface area (Å²) in [7, 11) is 0. The van der Waals surface area contributed by atoms with Crippen molar-refractivity contribution in [1.29, 1.82) is 0 Å². The summed E-state index contributed by atoms with van der Waals surface area (Å²) in [6.07, 6.45) is 9.20. The van der Waals surface area contributed by atoms with E-state index in [9.17, 15) is 19.5 Å². The van der Waals surface area contributed by atoms with Crippen LogP contribution in [-0.2, 0) is 30.4 Å². The maximum Gasteiger partial charge on any atom is 0.246 e. The zero-order valence-electron chi connectivity index (χ0n) is 32.2. The molecule has 1 saturated heterocycles. The standard InChI is InChI=1S/C39H61N7O6S/c1-29-35(53-28-42-29)31-18-16-30(17-19-31)26-41-37(49)33-25-32(47)27-46(33)38(50)36(39(2,3)4)44-34(48)15-9-7-12-22-52-24-14-8-13-23-51-21-11-6-5-10-20-43-45-40/h16-19,28,32-33,36,47H,5-15,20-27H2,1-4H3,(H,41,49)(H,44,48). The van der Waals surface area contributed by atoms with Crippen molar-refractivity contribution in [1.82, 2.24) is 20.5 Å². The average molecular weight is 756 g/mol. The highest BCUT2D eigenvalue weighted by molar-refractivity contribution is 7.13. The molecule has 0 saturated carbocycles. The Morgan fingerprint density at radius 3 is 2.17 bits per heavy atom. The normalized spacial score (nSPS) is 16.3. The number of aliphatic hydroxyl groups excluding tert-OH is 1. The smallest absolute Gasteiger partial charge is 0.246 e. The summed E-state index contributed by atoms with van der Waals surface area (Å²) in [6.45, 7) is 11.5.